The maximum atomic E-state index is 11.4. The van der Waals surface area contributed by atoms with Crippen molar-refractivity contribution in [3.63, 3.8) is 0 Å². The minimum absolute atomic E-state index is 0. The van der Waals surface area contributed by atoms with Crippen LogP contribution in [0.5, 0.6) is 0 Å². The molecule has 0 bridgehead atoms. The molecule has 0 saturated carbocycles. The van der Waals surface area contributed by atoms with Crippen molar-refractivity contribution in [2.45, 2.75) is 5.75 Å². The molecular formula is C10H19N9O3S3. The molecule has 0 fully saturated rings. The second-order valence-corrected chi connectivity index (χ2v) is 7.76. The summed E-state index contributed by atoms with van der Waals surface area (Å²) in [6.07, 6.45) is 0. The summed E-state index contributed by atoms with van der Waals surface area (Å²) in [6, 6.07) is 0. The van der Waals surface area contributed by atoms with Crippen molar-refractivity contribution in [1.82, 2.24) is 15.2 Å². The van der Waals surface area contributed by atoms with Crippen LogP contribution in [0, 0.1) is 5.41 Å². The molecule has 0 aromatic carbocycles. The van der Waals surface area contributed by atoms with E-state index in [0.717, 1.165) is 5.69 Å². The van der Waals surface area contributed by atoms with E-state index in [-0.39, 0.29) is 23.4 Å². The summed E-state index contributed by atoms with van der Waals surface area (Å²) in [5, 5.41) is 15.1. The summed E-state index contributed by atoms with van der Waals surface area (Å²) >= 11 is 2.99. The number of guanidine groups is 3. The van der Waals surface area contributed by atoms with Crippen LogP contribution < -0.4 is 22.1 Å². The number of rotatable bonds is 6. The monoisotopic (exact) mass is 409 g/mol. The minimum atomic E-state index is -3.91. The van der Waals surface area contributed by atoms with E-state index >= 15 is 0 Å². The first-order valence-electron chi connectivity index (χ1n) is 6.58. The third-order valence-electron chi connectivity index (χ3n) is 2.64. The Morgan fingerprint density at radius 1 is 1.48 bits per heavy atom. The van der Waals surface area contributed by atoms with Gasteiger partial charge < -0.3 is 27.6 Å². The minimum Gasteiger partial charge on any atom is -0.412 e. The molecule has 2 rings (SSSR count). The number of aromatic nitrogens is 1. The fraction of sp³-hybridized carbons (Fsp3) is 0.400. The lowest BCUT2D eigenvalue weighted by atomic mass is 10.6. The fourth-order valence-electron chi connectivity index (χ4n) is 1.59. The van der Waals surface area contributed by atoms with Crippen LogP contribution in [0.1, 0.15) is 5.69 Å². The number of nitrogens with two attached hydrogens (primary N) is 2. The topological polar surface area (TPSA) is 206 Å². The molecule has 0 aliphatic carbocycles. The first-order valence-corrected chi connectivity index (χ1v) is 10.0. The summed E-state index contributed by atoms with van der Waals surface area (Å²) in [5.41, 5.74) is 11.6. The van der Waals surface area contributed by atoms with Crippen molar-refractivity contribution < 1.29 is 13.9 Å². The number of anilines is 1. The van der Waals surface area contributed by atoms with Crippen molar-refractivity contribution in [2.24, 2.45) is 20.3 Å². The number of thiazole rings is 1. The predicted octanol–water partition coefficient (Wildman–Crippen LogP) is -1.69. The van der Waals surface area contributed by atoms with E-state index in [1.807, 2.05) is 5.38 Å². The smallest absolute Gasteiger partial charge is 0.369 e. The standard InChI is InChI=1S/C10H17N9O2S3.H2O/c1-19-8(13)17-24(20,21)18-9(19)14-2-3-22-4-6-5-23-10(15-6)16-7(11)12;/h5H,2-4H2,1H3,(H2,13,17)(H,14,18)(H4,11,12,15,16);1H2. The normalized spacial score (nSPS) is 15.6. The Hall–Kier alpha value is -2.10. The van der Waals surface area contributed by atoms with Gasteiger partial charge in [0.25, 0.3) is 0 Å². The van der Waals surface area contributed by atoms with Gasteiger partial charge in [0.1, 0.15) is 0 Å². The van der Waals surface area contributed by atoms with Crippen LogP contribution in [0.25, 0.3) is 0 Å². The largest absolute Gasteiger partial charge is 0.412 e. The molecule has 2 heterocycles. The molecule has 0 radical (unpaired) electrons. The Morgan fingerprint density at radius 3 is 2.88 bits per heavy atom. The van der Waals surface area contributed by atoms with Crippen LogP contribution in [0.4, 0.5) is 5.13 Å². The molecule has 1 aromatic heterocycles. The molecule has 12 nitrogen and oxygen atoms in total. The van der Waals surface area contributed by atoms with E-state index < -0.39 is 10.2 Å². The SMILES string of the molecule is CN1C(N)=NS(=O)(=O)N=C1NCCSCc1csc(NC(=N)N)n1.O. The fourth-order valence-corrected chi connectivity index (χ4v) is 3.97. The van der Waals surface area contributed by atoms with Gasteiger partial charge in [-0.15, -0.1) is 20.1 Å². The molecule has 0 spiro atoms. The van der Waals surface area contributed by atoms with E-state index in [1.54, 1.807) is 18.8 Å². The lowest BCUT2D eigenvalue weighted by Crippen LogP contribution is -2.49. The molecule has 1 aromatic rings. The Morgan fingerprint density at radius 2 is 2.20 bits per heavy atom. The van der Waals surface area contributed by atoms with Gasteiger partial charge in [0.05, 0.1) is 5.69 Å². The summed E-state index contributed by atoms with van der Waals surface area (Å²) in [7, 11) is -2.34. The molecule has 1 aliphatic rings. The highest BCUT2D eigenvalue weighted by molar-refractivity contribution is 7.98. The molecule has 0 atom stereocenters. The Bertz CT molecular complexity index is 774. The van der Waals surface area contributed by atoms with Crippen LogP contribution >= 0.6 is 23.1 Å². The summed E-state index contributed by atoms with van der Waals surface area (Å²) < 4.78 is 29.6. The average molecular weight is 410 g/mol. The van der Waals surface area contributed by atoms with Crippen molar-refractivity contribution in [3.05, 3.63) is 11.1 Å². The molecule has 25 heavy (non-hydrogen) atoms. The number of thioether (sulfide) groups is 1. The van der Waals surface area contributed by atoms with Gasteiger partial charge in [0, 0.05) is 30.5 Å². The number of hydrogen-bond donors (Lipinski definition) is 5. The zero-order valence-electron chi connectivity index (χ0n) is 13.2. The number of nitrogens with one attached hydrogen (secondary N) is 3. The van der Waals surface area contributed by atoms with E-state index in [4.69, 9.17) is 16.9 Å². The molecule has 9 N–H and O–H groups in total. The second kappa shape index (κ2) is 8.84. The molecule has 140 valence electrons. The van der Waals surface area contributed by atoms with Gasteiger partial charge in [0.15, 0.2) is 11.1 Å². The summed E-state index contributed by atoms with van der Waals surface area (Å²) in [5.74, 6) is 1.25. The van der Waals surface area contributed by atoms with Crippen LogP contribution in [0.15, 0.2) is 14.2 Å². The summed E-state index contributed by atoms with van der Waals surface area (Å²) in [4.78, 5) is 5.65. The Kier molecular flexibility index (Phi) is 7.40. The van der Waals surface area contributed by atoms with Gasteiger partial charge in [-0.2, -0.15) is 20.2 Å². The van der Waals surface area contributed by atoms with Crippen molar-refractivity contribution in [3.8, 4) is 0 Å². The van der Waals surface area contributed by atoms with Crippen LogP contribution in [-0.4, -0.2) is 61.0 Å². The number of hydrogen-bond acceptors (Lipinski definition) is 9. The van der Waals surface area contributed by atoms with Crippen molar-refractivity contribution in [1.29, 1.82) is 5.41 Å². The zero-order valence-corrected chi connectivity index (χ0v) is 15.6. The molecule has 1 aliphatic heterocycles. The predicted molar refractivity (Wildman–Crippen MR) is 101 cm³/mol. The maximum absolute atomic E-state index is 11.4. The average Bonchev–Trinajstić information content (AvgIpc) is 2.89. The maximum Gasteiger partial charge on any atom is 0.369 e. The van der Waals surface area contributed by atoms with Gasteiger partial charge >= 0.3 is 10.2 Å². The van der Waals surface area contributed by atoms with Crippen LogP contribution in [0.2, 0.25) is 0 Å². The third-order valence-corrected chi connectivity index (χ3v) is 5.27. The van der Waals surface area contributed by atoms with E-state index in [1.165, 1.54) is 16.2 Å². The Labute approximate surface area is 152 Å². The summed E-state index contributed by atoms with van der Waals surface area (Å²) in [6.45, 7) is 0.499. The van der Waals surface area contributed by atoms with Crippen LogP contribution in [0.3, 0.4) is 0 Å². The lowest BCUT2D eigenvalue weighted by Gasteiger charge is -2.23. The van der Waals surface area contributed by atoms with Gasteiger partial charge in [0.2, 0.25) is 11.9 Å². The Balaban J connectivity index is 0.00000312. The zero-order chi connectivity index (χ0) is 17.7. The lowest BCUT2D eigenvalue weighted by molar-refractivity contribution is 0.591. The highest BCUT2D eigenvalue weighted by Crippen LogP contribution is 2.19. The molecular weight excluding hydrogens is 390 g/mol. The highest BCUT2D eigenvalue weighted by Gasteiger charge is 2.22. The first-order chi connectivity index (χ1) is 11.3. The van der Waals surface area contributed by atoms with E-state index in [9.17, 15) is 8.42 Å². The quantitative estimate of drug-likeness (QED) is 0.206. The third kappa shape index (κ3) is 6.37. The highest BCUT2D eigenvalue weighted by atomic mass is 32.2. The van der Waals surface area contributed by atoms with Gasteiger partial charge in [-0.25, -0.2) is 4.98 Å². The second-order valence-electron chi connectivity index (χ2n) is 4.53. The molecule has 0 unspecified atom stereocenters. The van der Waals surface area contributed by atoms with Gasteiger partial charge in [-0.3, -0.25) is 10.3 Å². The van der Waals surface area contributed by atoms with E-state index in [0.29, 0.717) is 23.2 Å². The first kappa shape index (κ1) is 20.9. The van der Waals surface area contributed by atoms with Crippen molar-refractivity contribution in [2.75, 3.05) is 24.7 Å². The number of nitrogens with zero attached hydrogens (tertiary/aromatic N) is 4. The molecule has 0 saturated heterocycles. The molecule has 0 amide bonds. The van der Waals surface area contributed by atoms with Gasteiger partial charge in [-0.1, -0.05) is 0 Å². The van der Waals surface area contributed by atoms with Crippen molar-refractivity contribution >= 4 is 56.3 Å². The van der Waals surface area contributed by atoms with Crippen LogP contribution in [-0.2, 0) is 16.0 Å². The van der Waals surface area contributed by atoms with Gasteiger partial charge in [-0.05, 0) is 0 Å². The van der Waals surface area contributed by atoms with E-state index in [2.05, 4.69) is 24.4 Å². The molecule has 15 heteroatoms.